The van der Waals surface area contributed by atoms with Crippen LogP contribution in [0.3, 0.4) is 0 Å². The molecule has 2 saturated heterocycles. The summed E-state index contributed by atoms with van der Waals surface area (Å²) in [5.41, 5.74) is 3.57. The Morgan fingerprint density at radius 1 is 0.776 bits per heavy atom. The number of likely N-dealkylation sites (tertiary alicyclic amines) is 1. The van der Waals surface area contributed by atoms with Crippen LogP contribution in [0, 0.1) is 29.9 Å². The standard InChI is InChI=1S/C12H16O3.C12H14O.C11H23NO.C10H12N2O.C9H11F2N.C8H17N.CH4/c1-9(2)13-8-12-14-7-10-5-3-4-6-11(10)15-12;1-4-11-5-7-12(8-6-11)9-13-10(2)3;1-11(2,3)13-9-6-10-4-7-12-8-5-10;1-7(2)13-8-3-4-9-10(5-8)12-6-11-9;1-6(2)12-9-7(10)4-3-5-8(9)11;1-8(2,3)9-6-4-5-7-9;/h3-6,9,12H,7-8H2,1-2H3;1,5-8,10H,9H2,2-3H3;10,12H,4-9H2,1-3H3;3-5,7H,6H2,1-2H3;3-6,12H,1-2H3;4-7H2,1-3H3;1H4. The van der Waals surface area contributed by atoms with Crippen molar-refractivity contribution in [2.24, 2.45) is 15.9 Å². The van der Waals surface area contributed by atoms with Crippen LogP contribution in [0.1, 0.15) is 153 Å². The van der Waals surface area contributed by atoms with E-state index in [9.17, 15) is 8.78 Å². The van der Waals surface area contributed by atoms with Gasteiger partial charge in [-0.15, -0.1) is 6.42 Å². The molecule has 4 aliphatic rings. The van der Waals surface area contributed by atoms with E-state index in [1.165, 1.54) is 76.5 Å². The number of halogens is 2. The van der Waals surface area contributed by atoms with E-state index in [0.717, 1.165) is 51.4 Å². The highest BCUT2D eigenvalue weighted by Crippen LogP contribution is 2.26. The van der Waals surface area contributed by atoms with Crippen LogP contribution in [0.15, 0.2) is 94.9 Å². The highest BCUT2D eigenvalue weighted by atomic mass is 19.1. The molecule has 8 rings (SSSR count). The van der Waals surface area contributed by atoms with E-state index in [-0.39, 0.29) is 49.4 Å². The minimum Gasteiger partial charge on any atom is -0.491 e. The monoisotopic (exact) mass is 1060 g/mol. The van der Waals surface area contributed by atoms with Gasteiger partial charge in [-0.25, -0.2) is 8.78 Å². The zero-order chi connectivity index (χ0) is 55.4. The second kappa shape index (κ2) is 35.5. The molecule has 0 spiro atoms. The van der Waals surface area contributed by atoms with Gasteiger partial charge in [0, 0.05) is 35.4 Å². The predicted octanol–water partition coefficient (Wildman–Crippen LogP) is 13.1. The molecule has 1 unspecified atom stereocenters. The molecule has 1 atom stereocenters. The number of ether oxygens (including phenoxy) is 6. The highest BCUT2D eigenvalue weighted by Gasteiger charge is 2.24. The Balaban J connectivity index is 0.000000313. The summed E-state index contributed by atoms with van der Waals surface area (Å²) in [6.07, 6.45) is 12.3. The normalized spacial score (nSPS) is 15.8. The molecule has 4 heterocycles. The summed E-state index contributed by atoms with van der Waals surface area (Å²) >= 11 is 0. The number of piperidine rings is 1. The maximum absolute atomic E-state index is 12.9. The topological polar surface area (TPSA) is 107 Å². The zero-order valence-electron chi connectivity index (χ0n) is 48.1. The Bertz CT molecular complexity index is 2340. The minimum absolute atomic E-state index is 0. The third-order valence-electron chi connectivity index (χ3n) is 11.7. The number of para-hydroxylation sites is 2. The Labute approximate surface area is 458 Å². The summed E-state index contributed by atoms with van der Waals surface area (Å²) in [6.45, 7) is 37.2. The fourth-order valence-electron chi connectivity index (χ4n) is 7.72. The van der Waals surface area contributed by atoms with Crippen molar-refractivity contribution in [3.63, 3.8) is 0 Å². The van der Waals surface area contributed by atoms with Crippen molar-refractivity contribution in [1.29, 1.82) is 0 Å². The van der Waals surface area contributed by atoms with E-state index >= 15 is 0 Å². The first kappa shape index (κ1) is 67.2. The number of nitrogens with one attached hydrogen (secondary N) is 2. The van der Waals surface area contributed by atoms with E-state index in [0.29, 0.717) is 32.0 Å². The summed E-state index contributed by atoms with van der Waals surface area (Å²) in [6, 6.07) is 25.4. The molecule has 0 saturated carbocycles. The van der Waals surface area contributed by atoms with Gasteiger partial charge in [0.2, 0.25) is 6.29 Å². The van der Waals surface area contributed by atoms with Gasteiger partial charge in [-0.2, -0.15) is 0 Å². The molecule has 76 heavy (non-hydrogen) atoms. The van der Waals surface area contributed by atoms with Gasteiger partial charge >= 0.3 is 0 Å². The lowest BCUT2D eigenvalue weighted by Gasteiger charge is -2.31. The Morgan fingerprint density at radius 2 is 1.39 bits per heavy atom. The van der Waals surface area contributed by atoms with Gasteiger partial charge in [-0.3, -0.25) is 14.9 Å². The molecule has 0 aromatic heterocycles. The fraction of sp³-hybridized carbons (Fsp3) is 0.587. The summed E-state index contributed by atoms with van der Waals surface area (Å²) < 4.78 is 59.1. The van der Waals surface area contributed by atoms with Crippen LogP contribution in [0.2, 0.25) is 0 Å². The molecule has 4 aromatic carbocycles. The van der Waals surface area contributed by atoms with Crippen molar-refractivity contribution < 1.29 is 37.2 Å². The summed E-state index contributed by atoms with van der Waals surface area (Å²) in [4.78, 5) is 11.0. The van der Waals surface area contributed by atoms with Crippen LogP contribution >= 0.6 is 0 Å². The summed E-state index contributed by atoms with van der Waals surface area (Å²) in [5.74, 6) is 4.14. The average molecular weight is 1060 g/mol. The van der Waals surface area contributed by atoms with E-state index in [2.05, 4.69) is 73.0 Å². The van der Waals surface area contributed by atoms with E-state index in [1.807, 2.05) is 122 Å². The second-order valence-electron chi connectivity index (χ2n) is 22.0. The first-order chi connectivity index (χ1) is 35.5. The van der Waals surface area contributed by atoms with Crippen molar-refractivity contribution in [3.8, 4) is 23.8 Å². The number of anilines is 1. The van der Waals surface area contributed by atoms with Gasteiger partial charge in [0.05, 0.1) is 47.8 Å². The number of hydrogen-bond donors (Lipinski definition) is 2. The number of nitrogens with zero attached hydrogens (tertiary/aromatic N) is 3. The molecule has 11 nitrogen and oxygen atoms in total. The summed E-state index contributed by atoms with van der Waals surface area (Å²) in [5, 5.41) is 7.98. The zero-order valence-corrected chi connectivity index (χ0v) is 48.1. The van der Waals surface area contributed by atoms with Gasteiger partial charge in [0.15, 0.2) is 0 Å². The second-order valence-corrected chi connectivity index (χ2v) is 22.0. The number of terminal acetylenes is 1. The van der Waals surface area contributed by atoms with E-state index in [1.54, 1.807) is 0 Å². The van der Waals surface area contributed by atoms with Crippen molar-refractivity contribution in [3.05, 3.63) is 124 Å². The van der Waals surface area contributed by atoms with Gasteiger partial charge in [0.25, 0.3) is 0 Å². The van der Waals surface area contributed by atoms with Crippen LogP contribution in [-0.2, 0) is 32.2 Å². The van der Waals surface area contributed by atoms with Crippen LogP contribution in [0.4, 0.5) is 14.5 Å². The highest BCUT2D eigenvalue weighted by molar-refractivity contribution is 5.46. The van der Waals surface area contributed by atoms with Crippen LogP contribution < -0.4 is 30.8 Å². The maximum atomic E-state index is 12.9. The Morgan fingerprint density at radius 3 is 1.95 bits per heavy atom. The molecule has 4 aromatic rings. The number of rotatable bonds is 13. The molecule has 4 aliphatic heterocycles. The number of hydrogen-bond acceptors (Lipinski definition) is 11. The SMILES string of the molecule is C.C#Cc1ccc(COC(C)C)cc1.CC(C)(C)N1CCCC1.CC(C)(C)OCCC1CCNCC1.CC(C)Nc1c(F)cccc1F.CC(C)OCC1OCc2ccccc2O1.CC(C)Oc1ccc2c(c1)=NCN=2. The largest absolute Gasteiger partial charge is 0.491 e. The molecule has 424 valence electrons. The van der Waals surface area contributed by atoms with Gasteiger partial charge in [0.1, 0.15) is 42.1 Å². The molecule has 2 N–H and O–H groups in total. The van der Waals surface area contributed by atoms with Crippen molar-refractivity contribution in [2.45, 2.75) is 191 Å². The quantitative estimate of drug-likeness (QED) is 0.127. The average Bonchev–Trinajstić information content (AvgIpc) is 4.09. The third-order valence-corrected chi connectivity index (χ3v) is 11.7. The molecule has 0 bridgehead atoms. The molecule has 13 heteroatoms. The predicted molar refractivity (Wildman–Crippen MR) is 309 cm³/mol. The van der Waals surface area contributed by atoms with Crippen molar-refractivity contribution >= 4 is 5.69 Å². The van der Waals surface area contributed by atoms with Crippen molar-refractivity contribution in [1.82, 2.24) is 10.2 Å². The molecular formula is C63H97F2N5O6. The first-order valence-electron chi connectivity index (χ1n) is 27.1. The van der Waals surface area contributed by atoms with Crippen LogP contribution in [0.5, 0.6) is 11.5 Å². The van der Waals surface area contributed by atoms with Gasteiger partial charge < -0.3 is 39.1 Å². The number of fused-ring (bicyclic) bond motifs is 2. The Hall–Kier alpha value is -4.94. The first-order valence-corrected chi connectivity index (χ1v) is 27.1. The fourth-order valence-corrected chi connectivity index (χ4v) is 7.72. The maximum Gasteiger partial charge on any atom is 0.223 e. The Kier molecular flexibility index (Phi) is 31.3. The molecule has 0 radical (unpaired) electrons. The molecular weight excluding hydrogens is 961 g/mol. The number of benzene rings is 4. The minimum atomic E-state index is -0.552. The lowest BCUT2D eigenvalue weighted by atomic mass is 9.95. The van der Waals surface area contributed by atoms with E-state index < -0.39 is 11.6 Å². The van der Waals surface area contributed by atoms with Crippen molar-refractivity contribution in [2.75, 3.05) is 51.4 Å². The van der Waals surface area contributed by atoms with Gasteiger partial charge in [-0.1, -0.05) is 49.7 Å². The smallest absolute Gasteiger partial charge is 0.223 e. The van der Waals surface area contributed by atoms with Crippen LogP contribution in [0.25, 0.3) is 0 Å². The van der Waals surface area contributed by atoms with Gasteiger partial charge in [-0.05, 0) is 209 Å². The lowest BCUT2D eigenvalue weighted by Crippen LogP contribution is -2.38. The lowest BCUT2D eigenvalue weighted by molar-refractivity contribution is -0.150. The summed E-state index contributed by atoms with van der Waals surface area (Å²) in [7, 11) is 0. The van der Waals surface area contributed by atoms with E-state index in [4.69, 9.17) is 34.8 Å². The third kappa shape index (κ3) is 28.4. The van der Waals surface area contributed by atoms with Crippen LogP contribution in [-0.4, -0.2) is 92.7 Å². The molecule has 0 aliphatic carbocycles. The molecule has 0 amide bonds. The molecule has 2 fully saturated rings.